The van der Waals surface area contributed by atoms with E-state index in [2.05, 4.69) is 15.6 Å². The molecule has 0 bridgehead atoms. The van der Waals surface area contributed by atoms with Crippen molar-refractivity contribution in [1.29, 1.82) is 0 Å². The highest BCUT2D eigenvalue weighted by Crippen LogP contribution is 2.33. The number of nitrogens with one attached hydrogen (secondary N) is 2. The molecule has 3 aromatic rings. The Morgan fingerprint density at radius 3 is 2.82 bits per heavy atom. The molecule has 0 radical (unpaired) electrons. The minimum atomic E-state index is -0.367. The van der Waals surface area contributed by atoms with Gasteiger partial charge in [0.1, 0.15) is 11.6 Å². The number of ether oxygens (including phenoxy) is 1. The zero-order chi connectivity index (χ0) is 19.5. The number of anilines is 1. The van der Waals surface area contributed by atoms with Gasteiger partial charge in [-0.1, -0.05) is 6.07 Å². The van der Waals surface area contributed by atoms with Crippen molar-refractivity contribution in [3.05, 3.63) is 64.3 Å². The molecule has 7 heteroatoms. The first-order valence-corrected chi connectivity index (χ1v) is 9.95. The zero-order valence-electron chi connectivity index (χ0n) is 15.4. The lowest BCUT2D eigenvalue weighted by atomic mass is 10.00. The summed E-state index contributed by atoms with van der Waals surface area (Å²) in [5, 5.41) is 8.44. The van der Waals surface area contributed by atoms with Crippen LogP contribution in [0.15, 0.2) is 41.8 Å². The number of rotatable bonds is 4. The van der Waals surface area contributed by atoms with Crippen LogP contribution < -0.4 is 15.4 Å². The van der Waals surface area contributed by atoms with Crippen LogP contribution in [0.4, 0.5) is 9.52 Å². The van der Waals surface area contributed by atoms with Gasteiger partial charge in [-0.25, -0.2) is 9.37 Å². The highest BCUT2D eigenvalue weighted by atomic mass is 32.1. The molecule has 2 aromatic carbocycles. The van der Waals surface area contributed by atoms with E-state index in [0.29, 0.717) is 27.7 Å². The Labute approximate surface area is 166 Å². The van der Waals surface area contributed by atoms with Gasteiger partial charge in [0.15, 0.2) is 5.13 Å². The average Bonchev–Trinajstić information content (AvgIpc) is 3.03. The van der Waals surface area contributed by atoms with E-state index in [-0.39, 0.29) is 11.7 Å². The fourth-order valence-corrected chi connectivity index (χ4v) is 4.03. The highest BCUT2D eigenvalue weighted by molar-refractivity contribution is 7.14. The van der Waals surface area contributed by atoms with E-state index in [9.17, 15) is 9.18 Å². The van der Waals surface area contributed by atoms with Crippen molar-refractivity contribution in [3.8, 4) is 17.0 Å². The molecule has 144 valence electrons. The van der Waals surface area contributed by atoms with Crippen LogP contribution in [-0.4, -0.2) is 31.1 Å². The summed E-state index contributed by atoms with van der Waals surface area (Å²) in [6, 6.07) is 10.1. The third-order valence-electron chi connectivity index (χ3n) is 4.77. The van der Waals surface area contributed by atoms with Gasteiger partial charge in [0, 0.05) is 16.5 Å². The van der Waals surface area contributed by atoms with Crippen molar-refractivity contribution < 1.29 is 13.9 Å². The van der Waals surface area contributed by atoms with Crippen molar-refractivity contribution >= 4 is 22.4 Å². The molecule has 1 aliphatic rings. The number of hydrogen-bond acceptors (Lipinski definition) is 5. The van der Waals surface area contributed by atoms with Crippen LogP contribution >= 0.6 is 11.3 Å². The number of carbonyl (C=O) groups excluding carboxylic acids is 1. The molecule has 4 rings (SSSR count). The molecule has 1 amide bonds. The van der Waals surface area contributed by atoms with E-state index < -0.39 is 0 Å². The fourth-order valence-electron chi connectivity index (χ4n) is 3.32. The number of methoxy groups -OCH3 is 1. The summed E-state index contributed by atoms with van der Waals surface area (Å²) in [4.78, 5) is 17.1. The second-order valence-electron chi connectivity index (χ2n) is 6.57. The number of nitrogens with zero attached hydrogens (tertiary/aromatic N) is 1. The van der Waals surface area contributed by atoms with Crippen LogP contribution in [-0.2, 0) is 12.8 Å². The highest BCUT2D eigenvalue weighted by Gasteiger charge is 2.15. The maximum absolute atomic E-state index is 13.6. The van der Waals surface area contributed by atoms with E-state index in [1.165, 1.54) is 41.7 Å². The Kier molecular flexibility index (Phi) is 5.36. The Hall–Kier alpha value is -2.77. The lowest BCUT2D eigenvalue weighted by Crippen LogP contribution is -2.16. The topological polar surface area (TPSA) is 63.2 Å². The first kappa shape index (κ1) is 18.6. The second kappa shape index (κ2) is 8.08. The molecular weight excluding hydrogens is 377 g/mol. The normalized spacial score (nSPS) is 13.5. The molecule has 0 unspecified atom stereocenters. The van der Waals surface area contributed by atoms with Gasteiger partial charge in [-0.15, -0.1) is 11.3 Å². The lowest BCUT2D eigenvalue weighted by molar-refractivity contribution is 0.102. The van der Waals surface area contributed by atoms with E-state index in [0.717, 1.165) is 25.9 Å². The number of carbonyl (C=O) groups is 1. The number of thiazole rings is 1. The van der Waals surface area contributed by atoms with Gasteiger partial charge in [-0.3, -0.25) is 10.1 Å². The van der Waals surface area contributed by atoms with E-state index in [1.807, 2.05) is 18.2 Å². The molecule has 2 N–H and O–H groups in total. The smallest absolute Gasteiger partial charge is 0.257 e. The summed E-state index contributed by atoms with van der Waals surface area (Å²) in [5.74, 6) is -0.0371. The molecule has 28 heavy (non-hydrogen) atoms. The van der Waals surface area contributed by atoms with Crippen LogP contribution in [0.3, 0.4) is 0 Å². The van der Waals surface area contributed by atoms with E-state index in [1.54, 1.807) is 11.4 Å². The Morgan fingerprint density at radius 1 is 1.18 bits per heavy atom. The van der Waals surface area contributed by atoms with E-state index in [4.69, 9.17) is 4.74 Å². The van der Waals surface area contributed by atoms with Gasteiger partial charge in [0.25, 0.3) is 5.91 Å². The van der Waals surface area contributed by atoms with Crippen LogP contribution in [0.1, 0.15) is 21.5 Å². The van der Waals surface area contributed by atoms with Crippen molar-refractivity contribution in [2.45, 2.75) is 12.8 Å². The molecule has 0 aliphatic carbocycles. The van der Waals surface area contributed by atoms with E-state index >= 15 is 0 Å². The average molecular weight is 397 g/mol. The maximum atomic E-state index is 13.6. The number of aromatic nitrogens is 1. The summed E-state index contributed by atoms with van der Waals surface area (Å²) in [6.07, 6.45) is 1.89. The number of benzene rings is 2. The Balaban J connectivity index is 1.54. The molecule has 0 saturated carbocycles. The van der Waals surface area contributed by atoms with Gasteiger partial charge in [-0.05, 0) is 67.4 Å². The Morgan fingerprint density at radius 2 is 2.00 bits per heavy atom. The van der Waals surface area contributed by atoms with Crippen LogP contribution in [0.2, 0.25) is 0 Å². The van der Waals surface area contributed by atoms with Crippen molar-refractivity contribution in [2.24, 2.45) is 0 Å². The molecule has 2 heterocycles. The summed E-state index contributed by atoms with van der Waals surface area (Å²) in [6.45, 7) is 1.88. The summed E-state index contributed by atoms with van der Waals surface area (Å²) in [7, 11) is 1.53. The fraction of sp³-hybridized carbons (Fsp3) is 0.238. The van der Waals surface area contributed by atoms with Crippen molar-refractivity contribution in [3.63, 3.8) is 0 Å². The maximum Gasteiger partial charge on any atom is 0.257 e. The van der Waals surface area contributed by atoms with Crippen molar-refractivity contribution in [2.75, 3.05) is 25.5 Å². The first-order chi connectivity index (χ1) is 13.6. The molecule has 5 nitrogen and oxygen atoms in total. The summed E-state index contributed by atoms with van der Waals surface area (Å²) in [5.41, 5.74) is 4.22. The van der Waals surface area contributed by atoms with Crippen LogP contribution in [0.25, 0.3) is 11.3 Å². The third kappa shape index (κ3) is 3.90. The summed E-state index contributed by atoms with van der Waals surface area (Å²) >= 11 is 1.29. The molecule has 0 spiro atoms. The van der Waals surface area contributed by atoms with Crippen LogP contribution in [0.5, 0.6) is 5.75 Å². The quantitative estimate of drug-likeness (QED) is 0.701. The minimum absolute atomic E-state index is 0.202. The number of halogens is 1. The standard InChI is InChI=1S/C21H20FN3O2S/c1-27-19-5-4-16(22)11-17(19)18-12-28-21(24-18)25-20(26)15-3-2-13-6-8-23-9-7-14(13)10-15/h2-5,10-12,23H,6-9H2,1H3,(H,24,25,26). The van der Waals surface area contributed by atoms with Gasteiger partial charge in [0.2, 0.25) is 0 Å². The molecular formula is C21H20FN3O2S. The lowest BCUT2D eigenvalue weighted by Gasteiger charge is -2.08. The predicted molar refractivity (Wildman–Crippen MR) is 109 cm³/mol. The van der Waals surface area contributed by atoms with Crippen molar-refractivity contribution in [1.82, 2.24) is 10.3 Å². The Bertz CT molecular complexity index is 1020. The molecule has 0 atom stereocenters. The van der Waals surface area contributed by atoms with Gasteiger partial charge in [0.05, 0.1) is 12.8 Å². The summed E-state index contributed by atoms with van der Waals surface area (Å²) < 4.78 is 18.9. The molecule has 0 saturated heterocycles. The first-order valence-electron chi connectivity index (χ1n) is 9.07. The predicted octanol–water partition coefficient (Wildman–Crippen LogP) is 3.90. The molecule has 1 aliphatic heterocycles. The zero-order valence-corrected chi connectivity index (χ0v) is 16.2. The van der Waals surface area contributed by atoms with Gasteiger partial charge >= 0.3 is 0 Å². The number of fused-ring (bicyclic) bond motifs is 1. The monoisotopic (exact) mass is 397 g/mol. The SMILES string of the molecule is COc1ccc(F)cc1-c1csc(NC(=O)c2ccc3c(c2)CCNCC3)n1. The minimum Gasteiger partial charge on any atom is -0.496 e. The largest absolute Gasteiger partial charge is 0.496 e. The van der Waals surface area contributed by atoms with Gasteiger partial charge in [-0.2, -0.15) is 0 Å². The number of amides is 1. The molecule has 0 fully saturated rings. The third-order valence-corrected chi connectivity index (χ3v) is 5.53. The molecule has 1 aromatic heterocycles. The number of hydrogen-bond donors (Lipinski definition) is 2. The van der Waals surface area contributed by atoms with Crippen LogP contribution in [0, 0.1) is 5.82 Å². The van der Waals surface area contributed by atoms with Gasteiger partial charge < -0.3 is 10.1 Å². The second-order valence-corrected chi connectivity index (χ2v) is 7.43.